The van der Waals surface area contributed by atoms with Crippen LogP contribution in [0, 0.1) is 4.91 Å². The van der Waals surface area contributed by atoms with Gasteiger partial charge in [0.05, 0.1) is 0 Å². The molecule has 0 aliphatic heterocycles. The smallest absolute Gasteiger partial charge is 0.245 e. The SMILES string of the molecule is CCN(Cc1cc(C=O)ccc1-c1ccccc1)S(=O)(=O)c1ccccc1N=O. The van der Waals surface area contributed by atoms with Gasteiger partial charge in [0, 0.05) is 18.7 Å². The van der Waals surface area contributed by atoms with Gasteiger partial charge >= 0.3 is 0 Å². The number of nitrogens with zero attached hydrogens (tertiary/aromatic N) is 2. The first-order chi connectivity index (χ1) is 14.0. The molecule has 3 aromatic carbocycles. The van der Waals surface area contributed by atoms with Gasteiger partial charge in [0.2, 0.25) is 10.0 Å². The number of sulfonamides is 1. The first kappa shape index (κ1) is 20.6. The average Bonchev–Trinajstić information content (AvgIpc) is 2.77. The van der Waals surface area contributed by atoms with Gasteiger partial charge in [0.15, 0.2) is 0 Å². The van der Waals surface area contributed by atoms with E-state index in [1.165, 1.54) is 16.4 Å². The van der Waals surface area contributed by atoms with Crippen LogP contribution in [0.2, 0.25) is 0 Å². The van der Waals surface area contributed by atoms with Gasteiger partial charge in [0.25, 0.3) is 0 Å². The van der Waals surface area contributed by atoms with E-state index in [1.54, 1.807) is 31.2 Å². The molecule has 0 amide bonds. The number of carbonyl (C=O) groups excluding carboxylic acids is 1. The molecular formula is C22H20N2O4S. The molecule has 0 saturated carbocycles. The molecule has 0 aliphatic rings. The van der Waals surface area contributed by atoms with Gasteiger partial charge in [-0.05, 0) is 40.1 Å². The van der Waals surface area contributed by atoms with Gasteiger partial charge in [-0.1, -0.05) is 61.5 Å². The maximum Gasteiger partial charge on any atom is 0.245 e. The number of carbonyl (C=O) groups is 1. The third kappa shape index (κ3) is 4.31. The second-order valence-electron chi connectivity index (χ2n) is 6.39. The van der Waals surface area contributed by atoms with E-state index in [0.29, 0.717) is 11.1 Å². The molecule has 0 saturated heterocycles. The van der Waals surface area contributed by atoms with Crippen molar-refractivity contribution in [3.05, 3.63) is 88.8 Å². The second-order valence-corrected chi connectivity index (χ2v) is 8.30. The monoisotopic (exact) mass is 408 g/mol. The summed E-state index contributed by atoms with van der Waals surface area (Å²) in [6, 6.07) is 20.6. The van der Waals surface area contributed by atoms with Gasteiger partial charge in [-0.2, -0.15) is 4.31 Å². The van der Waals surface area contributed by atoms with Crippen molar-refractivity contribution in [3.8, 4) is 11.1 Å². The first-order valence-corrected chi connectivity index (χ1v) is 10.5. The van der Waals surface area contributed by atoms with Crippen molar-refractivity contribution in [2.75, 3.05) is 6.54 Å². The fourth-order valence-corrected chi connectivity index (χ4v) is 4.71. The van der Waals surface area contributed by atoms with Crippen LogP contribution in [0.1, 0.15) is 22.8 Å². The summed E-state index contributed by atoms with van der Waals surface area (Å²) in [6.07, 6.45) is 0.731. The van der Waals surface area contributed by atoms with Crippen molar-refractivity contribution in [1.82, 2.24) is 4.31 Å². The molecule has 7 heteroatoms. The minimum Gasteiger partial charge on any atom is -0.298 e. The maximum absolute atomic E-state index is 13.2. The third-order valence-corrected chi connectivity index (χ3v) is 6.60. The molecule has 0 unspecified atom stereocenters. The number of hydrogen-bond donors (Lipinski definition) is 0. The highest BCUT2D eigenvalue weighted by atomic mass is 32.2. The molecule has 3 rings (SSSR count). The summed E-state index contributed by atoms with van der Waals surface area (Å²) in [5, 5.41) is 2.85. The Morgan fingerprint density at radius 2 is 1.66 bits per heavy atom. The number of rotatable bonds is 8. The molecule has 0 atom stereocenters. The second kappa shape index (κ2) is 8.89. The highest BCUT2D eigenvalue weighted by molar-refractivity contribution is 7.89. The largest absolute Gasteiger partial charge is 0.298 e. The number of benzene rings is 3. The average molecular weight is 408 g/mol. The van der Waals surface area contributed by atoms with Crippen LogP contribution in [-0.4, -0.2) is 25.6 Å². The molecule has 0 N–H and O–H groups in total. The summed E-state index contributed by atoms with van der Waals surface area (Å²) >= 11 is 0. The van der Waals surface area contributed by atoms with Gasteiger partial charge in [0.1, 0.15) is 16.9 Å². The lowest BCUT2D eigenvalue weighted by Crippen LogP contribution is -2.30. The molecule has 6 nitrogen and oxygen atoms in total. The highest BCUT2D eigenvalue weighted by Crippen LogP contribution is 2.30. The van der Waals surface area contributed by atoms with Gasteiger partial charge in [-0.3, -0.25) is 4.79 Å². The third-order valence-electron chi connectivity index (χ3n) is 4.63. The van der Waals surface area contributed by atoms with Gasteiger partial charge < -0.3 is 0 Å². The Morgan fingerprint density at radius 1 is 0.966 bits per heavy atom. The van der Waals surface area contributed by atoms with Gasteiger partial charge in [-0.15, -0.1) is 4.91 Å². The molecule has 29 heavy (non-hydrogen) atoms. The fourth-order valence-electron chi connectivity index (χ4n) is 3.16. The molecule has 0 bridgehead atoms. The van der Waals surface area contributed by atoms with Crippen LogP contribution in [0.5, 0.6) is 0 Å². The predicted molar refractivity (Wildman–Crippen MR) is 112 cm³/mol. The van der Waals surface area contributed by atoms with E-state index in [1.807, 2.05) is 36.4 Å². The summed E-state index contributed by atoms with van der Waals surface area (Å²) < 4.78 is 27.7. The van der Waals surface area contributed by atoms with Crippen LogP contribution in [-0.2, 0) is 16.6 Å². The maximum atomic E-state index is 13.2. The Kier molecular flexibility index (Phi) is 6.31. The minimum absolute atomic E-state index is 0.0535. The summed E-state index contributed by atoms with van der Waals surface area (Å²) in [4.78, 5) is 22.2. The Balaban J connectivity index is 2.07. The summed E-state index contributed by atoms with van der Waals surface area (Å²) in [6.45, 7) is 1.97. The zero-order valence-corrected chi connectivity index (χ0v) is 16.7. The molecule has 3 aromatic rings. The van der Waals surface area contributed by atoms with E-state index >= 15 is 0 Å². The van der Waals surface area contributed by atoms with Crippen LogP contribution < -0.4 is 0 Å². The number of aldehydes is 1. The fraction of sp³-hybridized carbons (Fsp3) is 0.136. The Labute approximate surface area is 169 Å². The number of nitroso groups, excluding NO2 is 1. The molecule has 0 heterocycles. The zero-order valence-electron chi connectivity index (χ0n) is 15.9. The van der Waals surface area contributed by atoms with E-state index in [2.05, 4.69) is 5.18 Å². The van der Waals surface area contributed by atoms with Crippen LogP contribution in [0.4, 0.5) is 5.69 Å². The lowest BCUT2D eigenvalue weighted by Gasteiger charge is -2.23. The Morgan fingerprint density at radius 3 is 2.31 bits per heavy atom. The van der Waals surface area contributed by atoms with E-state index < -0.39 is 10.0 Å². The quantitative estimate of drug-likeness (QED) is 0.397. The lowest BCUT2D eigenvalue weighted by molar-refractivity contribution is 0.112. The summed E-state index contributed by atoms with van der Waals surface area (Å²) in [5.41, 5.74) is 2.79. The van der Waals surface area contributed by atoms with Crippen LogP contribution in [0.15, 0.2) is 82.9 Å². The molecular weight excluding hydrogens is 388 g/mol. The lowest BCUT2D eigenvalue weighted by atomic mass is 9.97. The molecule has 148 valence electrons. The van der Waals surface area contributed by atoms with Crippen LogP contribution in [0.3, 0.4) is 0 Å². The van der Waals surface area contributed by atoms with Crippen molar-refractivity contribution in [2.45, 2.75) is 18.4 Å². The highest BCUT2D eigenvalue weighted by Gasteiger charge is 2.27. The van der Waals surface area contributed by atoms with Crippen molar-refractivity contribution in [1.29, 1.82) is 0 Å². The van der Waals surface area contributed by atoms with E-state index in [4.69, 9.17) is 0 Å². The summed E-state index contributed by atoms with van der Waals surface area (Å²) in [7, 11) is -3.96. The van der Waals surface area contributed by atoms with Crippen molar-refractivity contribution < 1.29 is 13.2 Å². The first-order valence-electron chi connectivity index (χ1n) is 9.07. The number of hydrogen-bond acceptors (Lipinski definition) is 5. The normalized spacial score (nSPS) is 11.4. The Bertz CT molecular complexity index is 1130. The van der Waals surface area contributed by atoms with E-state index in [9.17, 15) is 18.1 Å². The van der Waals surface area contributed by atoms with Crippen LogP contribution in [0.25, 0.3) is 11.1 Å². The summed E-state index contributed by atoms with van der Waals surface area (Å²) in [5.74, 6) is 0. The van der Waals surface area contributed by atoms with Gasteiger partial charge in [-0.25, -0.2) is 8.42 Å². The van der Waals surface area contributed by atoms with Crippen molar-refractivity contribution in [3.63, 3.8) is 0 Å². The van der Waals surface area contributed by atoms with Crippen molar-refractivity contribution in [2.24, 2.45) is 5.18 Å². The molecule has 0 aromatic heterocycles. The minimum atomic E-state index is -3.96. The van der Waals surface area contributed by atoms with Crippen LogP contribution >= 0.6 is 0 Å². The molecule has 0 spiro atoms. The predicted octanol–water partition coefficient (Wildman–Crippen LogP) is 4.77. The molecule has 0 radical (unpaired) electrons. The van der Waals surface area contributed by atoms with Crippen molar-refractivity contribution >= 4 is 22.0 Å². The molecule has 0 fully saturated rings. The Hall–Kier alpha value is -3.16. The van der Waals surface area contributed by atoms with E-state index in [-0.39, 0.29) is 23.7 Å². The zero-order chi connectivity index (χ0) is 20.9. The topological polar surface area (TPSA) is 83.9 Å². The molecule has 0 aliphatic carbocycles. The standard InChI is InChI=1S/C22H20N2O4S/c1-2-24(29(27,28)22-11-7-6-10-21(22)23-26)15-19-14-17(16-25)12-13-20(19)18-8-4-3-5-9-18/h3-14,16H,2,15H2,1H3. The van der Waals surface area contributed by atoms with E-state index in [0.717, 1.165) is 17.4 Å².